The fourth-order valence-corrected chi connectivity index (χ4v) is 8.04. The van der Waals surface area contributed by atoms with Gasteiger partial charge in [-0.3, -0.25) is 9.59 Å². The lowest BCUT2D eigenvalue weighted by molar-refractivity contribution is -0.116. The van der Waals surface area contributed by atoms with E-state index in [1.165, 1.54) is 57.8 Å². The standard InChI is InChI=1S/C20H36O2Si.C12H21BrO2Si.C10H21B/c1-7-8-9-10-11-12-13-14-17-15-18(16-19(17)21)22-23(5,6)20(2,3)4;1-12(2,3)16(4,5)15-10-6-9(8-13)11(14)7-10;1-4-5-6-7-8-9-10-11(2)3/h12-13,15,18H,7-11,14,16H2,1-6H3;6,10H,7-8H2,1-5H3;9-10H,4-8H2,1-3H3/b13-12+;;10-9+. The van der Waals surface area contributed by atoms with Crippen molar-refractivity contribution in [2.45, 2.75) is 201 Å². The molecule has 0 aliphatic heterocycles. The molecule has 50 heavy (non-hydrogen) atoms. The second-order valence-corrected chi connectivity index (χ2v) is 27.7. The summed E-state index contributed by atoms with van der Waals surface area (Å²) in [5.74, 6) is 2.79. The molecule has 0 spiro atoms. The predicted octanol–water partition coefficient (Wildman–Crippen LogP) is 13.7. The van der Waals surface area contributed by atoms with E-state index >= 15 is 0 Å². The fourth-order valence-electron chi connectivity index (χ4n) is 5.02. The molecule has 0 radical (unpaired) electrons. The van der Waals surface area contributed by atoms with Gasteiger partial charge in [0.2, 0.25) is 0 Å². The minimum atomic E-state index is -1.80. The van der Waals surface area contributed by atoms with Crippen LogP contribution in [0, 0.1) is 0 Å². The zero-order valence-electron chi connectivity index (χ0n) is 35.1. The van der Waals surface area contributed by atoms with E-state index in [-0.39, 0.29) is 33.9 Å². The molecule has 2 atom stereocenters. The predicted molar refractivity (Wildman–Crippen MR) is 231 cm³/mol. The Kier molecular flexibility index (Phi) is 24.1. The van der Waals surface area contributed by atoms with Crippen LogP contribution in [-0.2, 0) is 18.4 Å². The van der Waals surface area contributed by atoms with E-state index in [0.29, 0.717) is 18.2 Å². The molecule has 0 fully saturated rings. The van der Waals surface area contributed by atoms with Crippen molar-refractivity contribution < 1.29 is 18.4 Å². The molecule has 0 heterocycles. The minimum Gasteiger partial charge on any atom is -0.410 e. The van der Waals surface area contributed by atoms with Crippen LogP contribution >= 0.6 is 15.9 Å². The van der Waals surface area contributed by atoms with Crippen LogP contribution in [0.25, 0.3) is 0 Å². The first-order valence-electron chi connectivity index (χ1n) is 19.8. The van der Waals surface area contributed by atoms with E-state index in [0.717, 1.165) is 30.7 Å². The van der Waals surface area contributed by atoms with Crippen LogP contribution < -0.4 is 0 Å². The Bertz CT molecular complexity index is 1110. The van der Waals surface area contributed by atoms with Gasteiger partial charge in [-0.15, -0.1) is 5.98 Å². The Labute approximate surface area is 321 Å². The summed E-state index contributed by atoms with van der Waals surface area (Å²) in [5, 5.41) is 1.02. The molecule has 4 nitrogen and oxygen atoms in total. The lowest BCUT2D eigenvalue weighted by atomic mass is 9.55. The topological polar surface area (TPSA) is 52.6 Å². The number of allylic oxidation sites excluding steroid dienone is 5. The number of ketones is 2. The monoisotopic (exact) mass is 792 g/mol. The van der Waals surface area contributed by atoms with Gasteiger partial charge in [0.05, 0.1) is 12.2 Å². The highest BCUT2D eigenvalue weighted by Gasteiger charge is 2.41. The van der Waals surface area contributed by atoms with Crippen molar-refractivity contribution in [2.75, 3.05) is 5.33 Å². The first-order chi connectivity index (χ1) is 23.1. The van der Waals surface area contributed by atoms with Gasteiger partial charge in [0.15, 0.2) is 34.9 Å². The first kappa shape index (κ1) is 49.2. The number of Topliss-reactive ketones (excluding diaryl/α,β-unsaturated/α-hetero) is 2. The molecule has 2 unspecified atom stereocenters. The Balaban J connectivity index is 0.000000774. The van der Waals surface area contributed by atoms with Crippen LogP contribution in [0.15, 0.2) is 47.5 Å². The molecule has 0 aromatic heterocycles. The summed E-state index contributed by atoms with van der Waals surface area (Å²) in [6.45, 7) is 32.0. The van der Waals surface area contributed by atoms with Crippen LogP contribution in [-0.4, -0.2) is 52.5 Å². The highest BCUT2D eigenvalue weighted by atomic mass is 79.9. The summed E-state index contributed by atoms with van der Waals surface area (Å²) in [4.78, 5) is 23.7. The fraction of sp³-hybridized carbons (Fsp3) is 0.762. The zero-order valence-corrected chi connectivity index (χ0v) is 38.7. The average molecular weight is 794 g/mol. The number of carbonyl (C=O) groups excluding carboxylic acids is 2. The molecule has 288 valence electrons. The molecule has 2 rings (SSSR count). The Morgan fingerprint density at radius 1 is 0.700 bits per heavy atom. The summed E-state index contributed by atoms with van der Waals surface area (Å²) in [7, 11) is -3.55. The number of halogens is 1. The molecule has 8 heteroatoms. The number of hydrogen-bond donors (Lipinski definition) is 0. The zero-order chi connectivity index (χ0) is 38.6. The van der Waals surface area contributed by atoms with Crippen LogP contribution in [0.5, 0.6) is 0 Å². The maximum absolute atomic E-state index is 12.2. The lowest BCUT2D eigenvalue weighted by Gasteiger charge is -2.37. The Morgan fingerprint density at radius 3 is 1.50 bits per heavy atom. The van der Waals surface area contributed by atoms with E-state index in [1.54, 1.807) is 0 Å². The van der Waals surface area contributed by atoms with E-state index in [9.17, 15) is 9.59 Å². The third kappa shape index (κ3) is 20.4. The second-order valence-electron chi connectivity index (χ2n) is 17.7. The first-order valence-corrected chi connectivity index (χ1v) is 26.8. The van der Waals surface area contributed by atoms with Gasteiger partial charge in [0.1, 0.15) is 0 Å². The molecule has 2 aliphatic rings. The number of rotatable bonds is 18. The van der Waals surface area contributed by atoms with Gasteiger partial charge in [-0.05, 0) is 86.1 Å². The largest absolute Gasteiger partial charge is 0.410 e. The number of hydrogen-bond acceptors (Lipinski definition) is 4. The average Bonchev–Trinajstić information content (AvgIpc) is 3.52. The van der Waals surface area contributed by atoms with Gasteiger partial charge in [-0.1, -0.05) is 142 Å². The van der Waals surface area contributed by atoms with Crippen molar-refractivity contribution in [3.8, 4) is 0 Å². The molecule has 0 aromatic carbocycles. The van der Waals surface area contributed by atoms with Crippen molar-refractivity contribution >= 4 is 50.8 Å². The van der Waals surface area contributed by atoms with Gasteiger partial charge >= 0.3 is 0 Å². The van der Waals surface area contributed by atoms with E-state index < -0.39 is 16.6 Å². The van der Waals surface area contributed by atoms with Crippen molar-refractivity contribution in [3.05, 3.63) is 47.5 Å². The molecule has 0 bridgehead atoms. The summed E-state index contributed by atoms with van der Waals surface area (Å²) in [5.41, 5.74) is 1.81. The van der Waals surface area contributed by atoms with Gasteiger partial charge in [0, 0.05) is 23.7 Å². The molecule has 0 N–H and O–H groups in total. The van der Waals surface area contributed by atoms with Crippen molar-refractivity contribution in [1.29, 1.82) is 0 Å². The third-order valence-electron chi connectivity index (χ3n) is 10.4. The van der Waals surface area contributed by atoms with E-state index in [2.05, 4.69) is 141 Å². The number of alkyl halides is 1. The quantitative estimate of drug-likeness (QED) is 0.0600. The maximum atomic E-state index is 12.2. The summed E-state index contributed by atoms with van der Waals surface area (Å²) >= 11 is 3.33. The summed E-state index contributed by atoms with van der Waals surface area (Å²) < 4.78 is 12.5. The Hall–Kier alpha value is -0.801. The third-order valence-corrected chi connectivity index (χ3v) is 20.0. The van der Waals surface area contributed by atoms with Gasteiger partial charge in [-0.2, -0.15) is 0 Å². The summed E-state index contributed by atoms with van der Waals surface area (Å²) in [6, 6.07) is 0. The number of carbonyl (C=O) groups is 2. The van der Waals surface area contributed by atoms with Gasteiger partial charge in [-0.25, -0.2) is 0 Å². The Morgan fingerprint density at radius 2 is 1.12 bits per heavy atom. The van der Waals surface area contributed by atoms with Gasteiger partial charge < -0.3 is 8.85 Å². The second kappa shape index (κ2) is 24.5. The summed E-state index contributed by atoms with van der Waals surface area (Å²) in [6.07, 6.45) is 25.7. The number of unbranched alkanes of at least 4 members (excludes halogenated alkanes) is 8. The van der Waals surface area contributed by atoms with Crippen molar-refractivity contribution in [2.24, 2.45) is 0 Å². The normalized spacial score (nSPS) is 18.6. The van der Waals surface area contributed by atoms with Crippen molar-refractivity contribution in [3.63, 3.8) is 0 Å². The van der Waals surface area contributed by atoms with Crippen LogP contribution in [0.2, 0.25) is 49.9 Å². The molecular weight excluding hydrogens is 715 g/mol. The maximum Gasteiger partial charge on any atom is 0.192 e. The smallest absolute Gasteiger partial charge is 0.192 e. The minimum absolute atomic E-state index is 0.000872. The molecular formula is C42H78BBrO4Si2. The lowest BCUT2D eigenvalue weighted by Crippen LogP contribution is -2.43. The van der Waals surface area contributed by atoms with Crippen molar-refractivity contribution in [1.82, 2.24) is 0 Å². The van der Waals surface area contributed by atoms with Crippen LogP contribution in [0.1, 0.15) is 139 Å². The molecule has 2 aliphatic carbocycles. The van der Waals surface area contributed by atoms with Gasteiger partial charge in [0.25, 0.3) is 0 Å². The van der Waals surface area contributed by atoms with Crippen LogP contribution in [0.4, 0.5) is 0 Å². The molecule has 0 aromatic rings. The molecule has 0 saturated carbocycles. The molecule has 0 amide bonds. The highest BCUT2D eigenvalue weighted by Crippen LogP contribution is 2.40. The van der Waals surface area contributed by atoms with E-state index in [1.807, 2.05) is 6.08 Å². The highest BCUT2D eigenvalue weighted by molar-refractivity contribution is 9.09. The molecule has 0 saturated heterocycles. The van der Waals surface area contributed by atoms with E-state index in [4.69, 9.17) is 8.85 Å². The van der Waals surface area contributed by atoms with Crippen LogP contribution in [0.3, 0.4) is 0 Å². The SMILES string of the molecule is CC(C)(C)[Si](C)(C)OC1C=C(CBr)C(=O)C1.CCCCCC/C=C/B(C)C.CCCCCC/C=C/CC1=CC(O[Si](C)(C)C(C)(C)C)CC1=O.